The number of aromatic nitrogens is 3. The lowest BCUT2D eigenvalue weighted by Gasteiger charge is -2.37. The lowest BCUT2D eigenvalue weighted by molar-refractivity contribution is -0.140. The normalized spacial score (nSPS) is 28.7. The number of hydrogen-bond donors (Lipinski definition) is 1. The van der Waals surface area contributed by atoms with Crippen LogP contribution in [0, 0.1) is 0 Å². The highest BCUT2D eigenvalue weighted by Crippen LogP contribution is 2.29. The highest BCUT2D eigenvalue weighted by atomic mass is 35.5. The molecular formula is C16H27Cl2N5O2. The molecule has 4 heterocycles. The number of hydrogen-bond acceptors (Lipinski definition) is 5. The second-order valence-corrected chi connectivity index (χ2v) is 6.86. The number of halogens is 2. The third-order valence-electron chi connectivity index (χ3n) is 5.32. The smallest absolute Gasteiger partial charge is 0.242 e. The molecule has 3 aliphatic rings. The van der Waals surface area contributed by atoms with Gasteiger partial charge in [0.25, 0.3) is 0 Å². The maximum absolute atomic E-state index is 12.9. The first-order chi connectivity index (χ1) is 11.2. The Kier molecular flexibility index (Phi) is 7.08. The van der Waals surface area contributed by atoms with E-state index in [4.69, 9.17) is 4.74 Å². The average Bonchev–Trinajstić information content (AvgIpc) is 3.18. The van der Waals surface area contributed by atoms with E-state index in [0.29, 0.717) is 12.5 Å². The highest BCUT2D eigenvalue weighted by molar-refractivity contribution is 5.85. The zero-order chi connectivity index (χ0) is 15.8. The summed E-state index contributed by atoms with van der Waals surface area (Å²) in [7, 11) is 0. The third kappa shape index (κ3) is 3.94. The number of ether oxygens (including phenoxy) is 1. The van der Waals surface area contributed by atoms with Gasteiger partial charge in [-0.25, -0.2) is 0 Å². The second-order valence-electron chi connectivity index (χ2n) is 6.86. The van der Waals surface area contributed by atoms with Crippen molar-refractivity contribution in [2.45, 2.75) is 57.2 Å². The minimum Gasteiger partial charge on any atom is -0.375 e. The van der Waals surface area contributed by atoms with Crippen molar-refractivity contribution < 1.29 is 9.53 Å². The van der Waals surface area contributed by atoms with E-state index in [0.717, 1.165) is 63.5 Å². The number of aryl methyl sites for hydroxylation is 1. The predicted molar refractivity (Wildman–Crippen MR) is 98.6 cm³/mol. The van der Waals surface area contributed by atoms with Crippen molar-refractivity contribution in [1.29, 1.82) is 0 Å². The Balaban J connectivity index is 0.00000113. The molecule has 0 aromatic carbocycles. The van der Waals surface area contributed by atoms with Crippen LogP contribution in [0.3, 0.4) is 0 Å². The molecule has 0 aliphatic carbocycles. The zero-order valence-corrected chi connectivity index (χ0v) is 16.2. The van der Waals surface area contributed by atoms with E-state index in [9.17, 15) is 4.79 Å². The number of nitrogens with one attached hydrogen (secondary N) is 1. The monoisotopic (exact) mass is 391 g/mol. The number of amides is 1. The quantitative estimate of drug-likeness (QED) is 0.818. The molecule has 7 nitrogen and oxygen atoms in total. The van der Waals surface area contributed by atoms with Crippen molar-refractivity contribution in [2.75, 3.05) is 26.2 Å². The number of nitrogens with zero attached hydrogens (tertiary/aromatic N) is 4. The molecule has 3 atom stereocenters. The molecule has 142 valence electrons. The van der Waals surface area contributed by atoms with Crippen molar-refractivity contribution in [2.24, 2.45) is 0 Å². The molecule has 1 unspecified atom stereocenters. The van der Waals surface area contributed by atoms with Crippen LogP contribution >= 0.6 is 24.8 Å². The summed E-state index contributed by atoms with van der Waals surface area (Å²) in [5, 5.41) is 12.0. The minimum atomic E-state index is -0.216. The van der Waals surface area contributed by atoms with Gasteiger partial charge in [0.2, 0.25) is 5.91 Å². The topological polar surface area (TPSA) is 72.3 Å². The van der Waals surface area contributed by atoms with Gasteiger partial charge < -0.3 is 19.5 Å². The Morgan fingerprint density at radius 3 is 2.88 bits per heavy atom. The van der Waals surface area contributed by atoms with Crippen molar-refractivity contribution in [3.8, 4) is 0 Å². The Bertz CT molecular complexity index is 597. The maximum atomic E-state index is 12.9. The summed E-state index contributed by atoms with van der Waals surface area (Å²) in [6.07, 6.45) is 4.25. The minimum absolute atomic E-state index is 0. The van der Waals surface area contributed by atoms with E-state index >= 15 is 0 Å². The number of likely N-dealkylation sites (tertiary alicyclic amines) is 1. The second kappa shape index (κ2) is 8.66. The molecule has 1 amide bonds. The fourth-order valence-electron chi connectivity index (χ4n) is 4.07. The van der Waals surface area contributed by atoms with Crippen molar-refractivity contribution in [3.63, 3.8) is 0 Å². The van der Waals surface area contributed by atoms with Gasteiger partial charge in [0.1, 0.15) is 17.7 Å². The molecule has 1 aromatic heterocycles. The predicted octanol–water partition coefficient (Wildman–Crippen LogP) is 1.15. The fraction of sp³-hybridized carbons (Fsp3) is 0.812. The molecule has 4 rings (SSSR count). The van der Waals surface area contributed by atoms with E-state index < -0.39 is 0 Å². The summed E-state index contributed by atoms with van der Waals surface area (Å²) < 4.78 is 7.89. The molecule has 0 spiro atoms. The van der Waals surface area contributed by atoms with E-state index in [-0.39, 0.29) is 42.9 Å². The highest BCUT2D eigenvalue weighted by Gasteiger charge is 2.35. The van der Waals surface area contributed by atoms with Gasteiger partial charge >= 0.3 is 0 Å². The van der Waals surface area contributed by atoms with Gasteiger partial charge in [-0.2, -0.15) is 0 Å². The van der Waals surface area contributed by atoms with Crippen molar-refractivity contribution >= 4 is 30.7 Å². The Labute approximate surface area is 160 Å². The standard InChI is InChI=1S/C16H25N5O2.2ClH/c1-11-14(17-6-9-23-11)16(22)20-7-2-4-12(10-20)15-19-18-13-5-3-8-21(13)15;;/h11-12,14,17H,2-10H2,1H3;2*1H/t11-,12?,14+;;/m1../s1. The summed E-state index contributed by atoms with van der Waals surface area (Å²) in [5.74, 6) is 2.67. The number of fused-ring (bicyclic) bond motifs is 1. The number of piperidine rings is 1. The third-order valence-corrected chi connectivity index (χ3v) is 5.32. The van der Waals surface area contributed by atoms with Crippen molar-refractivity contribution in [3.05, 3.63) is 11.6 Å². The van der Waals surface area contributed by atoms with Crippen LogP contribution in [0.25, 0.3) is 0 Å². The molecule has 0 bridgehead atoms. The van der Waals surface area contributed by atoms with Crippen molar-refractivity contribution in [1.82, 2.24) is 25.0 Å². The molecule has 3 aliphatic heterocycles. The van der Waals surface area contributed by atoms with Gasteiger partial charge in [-0.05, 0) is 26.2 Å². The van der Waals surface area contributed by atoms with Gasteiger partial charge in [-0.3, -0.25) is 4.79 Å². The molecule has 1 N–H and O–H groups in total. The molecular weight excluding hydrogens is 365 g/mol. The Hall–Kier alpha value is -0.890. The molecule has 0 radical (unpaired) electrons. The van der Waals surface area contributed by atoms with Gasteiger partial charge in [-0.1, -0.05) is 0 Å². The number of morpholine rings is 1. The molecule has 1 aromatic rings. The molecule has 9 heteroatoms. The lowest BCUT2D eigenvalue weighted by Crippen LogP contribution is -2.57. The average molecular weight is 392 g/mol. The Morgan fingerprint density at radius 1 is 1.24 bits per heavy atom. The van der Waals surface area contributed by atoms with Gasteiger partial charge in [0.05, 0.1) is 12.7 Å². The van der Waals surface area contributed by atoms with Gasteiger partial charge in [0, 0.05) is 38.5 Å². The van der Waals surface area contributed by atoms with Crippen LogP contribution in [-0.4, -0.2) is 64.0 Å². The van der Waals surface area contributed by atoms with E-state index in [1.165, 1.54) is 0 Å². The number of rotatable bonds is 2. The van der Waals surface area contributed by atoms with Crippen LogP contribution in [0.2, 0.25) is 0 Å². The van der Waals surface area contributed by atoms with E-state index in [1.807, 2.05) is 11.8 Å². The summed E-state index contributed by atoms with van der Waals surface area (Å²) in [6.45, 7) is 6.01. The van der Waals surface area contributed by atoms with Crippen LogP contribution in [0.15, 0.2) is 0 Å². The Morgan fingerprint density at radius 2 is 2.08 bits per heavy atom. The molecule has 2 saturated heterocycles. The first-order valence-corrected chi connectivity index (χ1v) is 8.80. The van der Waals surface area contributed by atoms with E-state index in [1.54, 1.807) is 0 Å². The van der Waals surface area contributed by atoms with Crippen LogP contribution in [0.4, 0.5) is 0 Å². The SMILES string of the molecule is C[C@H]1OCCN[C@@H]1C(=O)N1CCCC(c2nnc3n2CCC3)C1.Cl.Cl. The first kappa shape index (κ1) is 20.4. The zero-order valence-electron chi connectivity index (χ0n) is 14.5. The maximum Gasteiger partial charge on any atom is 0.242 e. The summed E-state index contributed by atoms with van der Waals surface area (Å²) in [5.41, 5.74) is 0. The first-order valence-electron chi connectivity index (χ1n) is 8.80. The largest absolute Gasteiger partial charge is 0.375 e. The van der Waals surface area contributed by atoms with Crippen LogP contribution in [-0.2, 0) is 22.5 Å². The summed E-state index contributed by atoms with van der Waals surface area (Å²) >= 11 is 0. The van der Waals surface area contributed by atoms with Crippen LogP contribution in [0.5, 0.6) is 0 Å². The fourth-order valence-corrected chi connectivity index (χ4v) is 4.07. The molecule has 25 heavy (non-hydrogen) atoms. The van der Waals surface area contributed by atoms with Crippen LogP contribution < -0.4 is 5.32 Å². The molecule has 2 fully saturated rings. The summed E-state index contributed by atoms with van der Waals surface area (Å²) in [4.78, 5) is 14.8. The summed E-state index contributed by atoms with van der Waals surface area (Å²) in [6, 6.07) is -0.216. The number of carbonyl (C=O) groups excluding carboxylic acids is 1. The van der Waals surface area contributed by atoms with Gasteiger partial charge in [0.15, 0.2) is 0 Å². The molecule has 0 saturated carbocycles. The van der Waals surface area contributed by atoms with Crippen LogP contribution in [0.1, 0.15) is 43.8 Å². The van der Waals surface area contributed by atoms with E-state index in [2.05, 4.69) is 20.1 Å². The lowest BCUT2D eigenvalue weighted by atomic mass is 9.96. The van der Waals surface area contributed by atoms with Gasteiger partial charge in [-0.15, -0.1) is 35.0 Å². The number of carbonyl (C=O) groups is 1.